The number of aliphatic hydroxyl groups excluding tert-OH is 1. The third-order valence-corrected chi connectivity index (χ3v) is 5.77. The number of carbonyl (C=O) groups excluding carboxylic acids is 1. The Kier molecular flexibility index (Phi) is 7.85. The van der Waals surface area contributed by atoms with Crippen molar-refractivity contribution in [3.63, 3.8) is 0 Å². The molecule has 0 spiro atoms. The highest BCUT2D eigenvalue weighted by Crippen LogP contribution is 2.32. The lowest BCUT2D eigenvalue weighted by molar-refractivity contribution is 0.0130. The highest BCUT2D eigenvalue weighted by Gasteiger charge is 2.16. The number of ether oxygens (including phenoxy) is 2. The molecular formula is C31H25N3O5. The number of rotatable bonds is 9. The second kappa shape index (κ2) is 12.0. The van der Waals surface area contributed by atoms with E-state index in [9.17, 15) is 15.0 Å². The van der Waals surface area contributed by atoms with Crippen molar-refractivity contribution < 1.29 is 24.5 Å². The molecule has 4 aromatic carbocycles. The lowest BCUT2D eigenvalue weighted by Crippen LogP contribution is -2.25. The highest BCUT2D eigenvalue weighted by molar-refractivity contribution is 5.89. The van der Waals surface area contributed by atoms with Gasteiger partial charge < -0.3 is 19.7 Å². The zero-order valence-electron chi connectivity index (χ0n) is 20.8. The van der Waals surface area contributed by atoms with Gasteiger partial charge in [0.25, 0.3) is 0 Å². The Morgan fingerprint density at radius 3 is 1.79 bits per heavy atom. The van der Waals surface area contributed by atoms with Crippen LogP contribution in [0, 0.1) is 0 Å². The van der Waals surface area contributed by atoms with Crippen molar-refractivity contribution in [2.75, 3.05) is 13.2 Å². The number of nitrogens with zero attached hydrogens (tertiary/aromatic N) is 3. The van der Waals surface area contributed by atoms with Crippen molar-refractivity contribution in [1.82, 2.24) is 15.0 Å². The molecule has 0 saturated heterocycles. The predicted octanol–water partition coefficient (Wildman–Crippen LogP) is 5.17. The predicted molar refractivity (Wildman–Crippen MR) is 146 cm³/mol. The van der Waals surface area contributed by atoms with Gasteiger partial charge in [0.15, 0.2) is 17.5 Å². The summed E-state index contributed by atoms with van der Waals surface area (Å²) in [6.45, 7) is -0.365. The van der Waals surface area contributed by atoms with E-state index < -0.39 is 12.1 Å². The highest BCUT2D eigenvalue weighted by atomic mass is 16.5. The van der Waals surface area contributed by atoms with Crippen LogP contribution < -0.4 is 4.74 Å². The Morgan fingerprint density at radius 1 is 0.692 bits per heavy atom. The van der Waals surface area contributed by atoms with Gasteiger partial charge in [0.1, 0.15) is 30.8 Å². The van der Waals surface area contributed by atoms with Gasteiger partial charge in [0.05, 0.1) is 11.1 Å². The quantitative estimate of drug-likeness (QED) is 0.256. The van der Waals surface area contributed by atoms with E-state index in [1.165, 1.54) is 6.07 Å². The van der Waals surface area contributed by atoms with Crippen LogP contribution in [0.4, 0.5) is 0 Å². The maximum Gasteiger partial charge on any atom is 0.338 e. The average molecular weight is 520 g/mol. The number of phenolic OH excluding ortho intramolecular Hbond substituents is 1. The van der Waals surface area contributed by atoms with Gasteiger partial charge in [-0.1, -0.05) is 78.9 Å². The summed E-state index contributed by atoms with van der Waals surface area (Å²) in [6, 6.07) is 32.3. The van der Waals surface area contributed by atoms with Crippen molar-refractivity contribution >= 4 is 5.97 Å². The number of aromatic hydroxyl groups is 1. The van der Waals surface area contributed by atoms with E-state index in [2.05, 4.69) is 15.0 Å². The molecule has 1 heterocycles. The second-order valence-electron chi connectivity index (χ2n) is 8.65. The summed E-state index contributed by atoms with van der Waals surface area (Å²) < 4.78 is 10.7. The van der Waals surface area contributed by atoms with Gasteiger partial charge in [-0.15, -0.1) is 0 Å². The summed E-state index contributed by atoms with van der Waals surface area (Å²) in [5.74, 6) is 0.963. The molecule has 1 atom stereocenters. The minimum absolute atomic E-state index is 0.0956. The summed E-state index contributed by atoms with van der Waals surface area (Å²) in [6.07, 6.45) is -1.05. The molecule has 1 aromatic heterocycles. The molecule has 2 N–H and O–H groups in total. The number of phenols is 1. The van der Waals surface area contributed by atoms with Crippen molar-refractivity contribution in [3.05, 3.63) is 115 Å². The number of carbonyl (C=O) groups is 1. The van der Waals surface area contributed by atoms with Crippen LogP contribution in [0.15, 0.2) is 109 Å². The van der Waals surface area contributed by atoms with Gasteiger partial charge in [-0.25, -0.2) is 19.7 Å². The first kappa shape index (κ1) is 25.6. The summed E-state index contributed by atoms with van der Waals surface area (Å²) in [5.41, 5.74) is 2.44. The standard InChI is InChI=1S/C31H25N3O5/c35-24(20-39-31(37)23-14-8-3-9-15-23)19-38-25-16-17-26(27(36)18-25)30-33-28(21-10-4-1-5-11-21)32-29(34-30)22-12-6-2-7-13-22/h1-18,24,35-36H,19-20H2. The summed E-state index contributed by atoms with van der Waals surface area (Å²) in [7, 11) is 0. The molecule has 1 unspecified atom stereocenters. The summed E-state index contributed by atoms with van der Waals surface area (Å²) in [4.78, 5) is 25.9. The number of hydrogen-bond acceptors (Lipinski definition) is 8. The molecule has 39 heavy (non-hydrogen) atoms. The first-order valence-corrected chi connectivity index (χ1v) is 12.3. The van der Waals surface area contributed by atoms with E-state index in [4.69, 9.17) is 9.47 Å². The van der Waals surface area contributed by atoms with E-state index in [0.717, 1.165) is 11.1 Å². The van der Waals surface area contributed by atoms with E-state index in [0.29, 0.717) is 34.3 Å². The Morgan fingerprint density at radius 2 is 1.23 bits per heavy atom. The Bertz CT molecular complexity index is 1490. The zero-order chi connectivity index (χ0) is 27.0. The van der Waals surface area contributed by atoms with E-state index in [-0.39, 0.29) is 19.0 Å². The van der Waals surface area contributed by atoms with Crippen LogP contribution in [0.5, 0.6) is 11.5 Å². The van der Waals surface area contributed by atoms with Gasteiger partial charge in [-0.2, -0.15) is 0 Å². The maximum atomic E-state index is 12.0. The Labute approximate surface area is 225 Å². The van der Waals surface area contributed by atoms with Crippen LogP contribution in [0.1, 0.15) is 10.4 Å². The van der Waals surface area contributed by atoms with E-state index in [1.54, 1.807) is 42.5 Å². The molecule has 0 saturated carbocycles. The van der Waals surface area contributed by atoms with Crippen molar-refractivity contribution in [1.29, 1.82) is 0 Å². The Balaban J connectivity index is 1.31. The lowest BCUT2D eigenvalue weighted by atomic mass is 10.1. The molecular weight excluding hydrogens is 494 g/mol. The van der Waals surface area contributed by atoms with Gasteiger partial charge >= 0.3 is 5.97 Å². The van der Waals surface area contributed by atoms with Crippen LogP contribution in [0.2, 0.25) is 0 Å². The van der Waals surface area contributed by atoms with Gasteiger partial charge in [0, 0.05) is 17.2 Å². The fourth-order valence-corrected chi connectivity index (χ4v) is 3.79. The lowest BCUT2D eigenvalue weighted by Gasteiger charge is -2.14. The number of aliphatic hydroxyl groups is 1. The van der Waals surface area contributed by atoms with Crippen molar-refractivity contribution in [2.24, 2.45) is 0 Å². The first-order valence-electron chi connectivity index (χ1n) is 12.3. The fraction of sp³-hybridized carbons (Fsp3) is 0.0968. The zero-order valence-corrected chi connectivity index (χ0v) is 20.8. The molecule has 8 nitrogen and oxygen atoms in total. The molecule has 8 heteroatoms. The van der Waals surface area contributed by atoms with E-state index in [1.807, 2.05) is 60.7 Å². The molecule has 0 aliphatic rings. The van der Waals surface area contributed by atoms with Crippen LogP contribution in [-0.2, 0) is 4.74 Å². The fourth-order valence-electron chi connectivity index (χ4n) is 3.79. The van der Waals surface area contributed by atoms with E-state index >= 15 is 0 Å². The smallest absolute Gasteiger partial charge is 0.338 e. The topological polar surface area (TPSA) is 115 Å². The van der Waals surface area contributed by atoms with Crippen LogP contribution in [0.25, 0.3) is 34.2 Å². The third kappa shape index (κ3) is 6.44. The molecule has 0 bridgehead atoms. The molecule has 5 rings (SSSR count). The summed E-state index contributed by atoms with van der Waals surface area (Å²) in [5, 5.41) is 21.0. The Hall–Kier alpha value is -5.08. The second-order valence-corrected chi connectivity index (χ2v) is 8.65. The largest absolute Gasteiger partial charge is 0.507 e. The number of hydrogen-bond donors (Lipinski definition) is 2. The normalized spacial score (nSPS) is 11.5. The number of esters is 1. The van der Waals surface area contributed by atoms with Crippen LogP contribution in [0.3, 0.4) is 0 Å². The molecule has 5 aromatic rings. The molecule has 0 radical (unpaired) electrons. The number of aromatic nitrogens is 3. The van der Waals surface area contributed by atoms with Crippen LogP contribution in [-0.4, -0.2) is 50.5 Å². The third-order valence-electron chi connectivity index (χ3n) is 5.77. The first-order chi connectivity index (χ1) is 19.1. The minimum Gasteiger partial charge on any atom is -0.507 e. The maximum absolute atomic E-state index is 12.0. The van der Waals surface area contributed by atoms with Crippen LogP contribution >= 0.6 is 0 Å². The molecule has 0 aliphatic carbocycles. The van der Waals surface area contributed by atoms with Crippen molar-refractivity contribution in [2.45, 2.75) is 6.10 Å². The van der Waals surface area contributed by atoms with Gasteiger partial charge in [0.2, 0.25) is 0 Å². The molecule has 194 valence electrons. The number of benzene rings is 4. The minimum atomic E-state index is -1.05. The molecule has 0 fully saturated rings. The molecule has 0 amide bonds. The van der Waals surface area contributed by atoms with Gasteiger partial charge in [-0.3, -0.25) is 0 Å². The molecule has 0 aliphatic heterocycles. The van der Waals surface area contributed by atoms with Crippen molar-refractivity contribution in [3.8, 4) is 45.7 Å². The SMILES string of the molecule is O=C(OCC(O)COc1ccc(-c2nc(-c3ccccc3)nc(-c3ccccc3)n2)c(O)c1)c1ccccc1. The van der Waals surface area contributed by atoms with Gasteiger partial charge in [-0.05, 0) is 24.3 Å². The monoisotopic (exact) mass is 519 g/mol. The average Bonchev–Trinajstić information content (AvgIpc) is 3.00. The summed E-state index contributed by atoms with van der Waals surface area (Å²) >= 11 is 0.